The molecule has 0 aliphatic carbocycles. The Morgan fingerprint density at radius 1 is 1.00 bits per heavy atom. The molecule has 2 rings (SSSR count). The van der Waals surface area contributed by atoms with Crippen molar-refractivity contribution in [2.45, 2.75) is 26.3 Å². The summed E-state index contributed by atoms with van der Waals surface area (Å²) in [6, 6.07) is 13.1. The van der Waals surface area contributed by atoms with Crippen LogP contribution in [0.4, 0.5) is 0 Å². The van der Waals surface area contributed by atoms with E-state index in [4.69, 9.17) is 19.3 Å². The second kappa shape index (κ2) is 10.8. The number of amides is 1. The number of para-hydroxylation sites is 1. The highest BCUT2D eigenvalue weighted by Gasteiger charge is 2.10. The molecule has 0 spiro atoms. The van der Waals surface area contributed by atoms with Crippen molar-refractivity contribution in [3.05, 3.63) is 53.6 Å². The van der Waals surface area contributed by atoms with Gasteiger partial charge in [-0.05, 0) is 30.7 Å². The molecular weight excluding hydrogens is 362 g/mol. The molecule has 0 saturated carbocycles. The van der Waals surface area contributed by atoms with E-state index in [0.29, 0.717) is 24.7 Å². The fourth-order valence-electron chi connectivity index (χ4n) is 2.47. The van der Waals surface area contributed by atoms with E-state index >= 15 is 0 Å². The number of aryl methyl sites for hydroxylation is 1. The lowest BCUT2D eigenvalue weighted by molar-refractivity contribution is -0.138. The number of hydrogen-bond donors (Lipinski definition) is 2. The number of hydrogen-bond acceptors (Lipinski definition) is 5. The molecule has 0 heterocycles. The second-order valence-corrected chi connectivity index (χ2v) is 6.11. The molecule has 2 N–H and O–H groups in total. The first-order chi connectivity index (χ1) is 13.5. The van der Waals surface area contributed by atoms with Crippen LogP contribution in [0.5, 0.6) is 17.2 Å². The maximum absolute atomic E-state index is 11.7. The van der Waals surface area contributed by atoms with E-state index in [2.05, 4.69) is 5.32 Å². The SMILES string of the molecule is COc1ccc(CNC(=O)CCC(=O)O)c(OCCOc2ccccc2C)c1. The summed E-state index contributed by atoms with van der Waals surface area (Å²) in [4.78, 5) is 22.3. The van der Waals surface area contributed by atoms with Crippen molar-refractivity contribution < 1.29 is 28.9 Å². The fraction of sp³-hybridized carbons (Fsp3) is 0.333. The van der Waals surface area contributed by atoms with E-state index in [1.807, 2.05) is 31.2 Å². The average molecular weight is 387 g/mol. The van der Waals surface area contributed by atoms with Crippen molar-refractivity contribution in [1.82, 2.24) is 5.32 Å². The minimum Gasteiger partial charge on any atom is -0.497 e. The molecule has 2 aromatic carbocycles. The molecule has 28 heavy (non-hydrogen) atoms. The highest BCUT2D eigenvalue weighted by molar-refractivity contribution is 5.80. The molecule has 0 bridgehead atoms. The zero-order valence-corrected chi connectivity index (χ0v) is 16.1. The van der Waals surface area contributed by atoms with E-state index in [-0.39, 0.29) is 25.3 Å². The van der Waals surface area contributed by atoms with Crippen molar-refractivity contribution in [3.63, 3.8) is 0 Å². The lowest BCUT2D eigenvalue weighted by Gasteiger charge is -2.14. The van der Waals surface area contributed by atoms with E-state index in [1.54, 1.807) is 25.3 Å². The van der Waals surface area contributed by atoms with Crippen molar-refractivity contribution in [2.75, 3.05) is 20.3 Å². The van der Waals surface area contributed by atoms with Gasteiger partial charge in [-0.1, -0.05) is 18.2 Å². The van der Waals surface area contributed by atoms with Crippen LogP contribution in [0.25, 0.3) is 0 Å². The molecule has 0 saturated heterocycles. The van der Waals surface area contributed by atoms with Gasteiger partial charge in [0.15, 0.2) is 0 Å². The number of aliphatic carboxylic acids is 1. The van der Waals surface area contributed by atoms with Crippen molar-refractivity contribution >= 4 is 11.9 Å². The summed E-state index contributed by atoms with van der Waals surface area (Å²) in [5.41, 5.74) is 1.81. The third-order valence-electron chi connectivity index (χ3n) is 4.01. The third kappa shape index (κ3) is 6.83. The number of carboxylic acid groups (broad SMARTS) is 1. The number of carbonyl (C=O) groups is 2. The minimum atomic E-state index is -1.00. The van der Waals surface area contributed by atoms with Crippen LogP contribution in [0.3, 0.4) is 0 Å². The standard InChI is InChI=1S/C21H25NO6/c1-15-5-3-4-6-18(15)27-11-12-28-19-13-17(26-2)8-7-16(19)14-22-20(23)9-10-21(24)25/h3-8,13H,9-12,14H2,1-2H3,(H,22,23)(H,24,25). The number of benzene rings is 2. The fourth-order valence-corrected chi connectivity index (χ4v) is 2.47. The van der Waals surface area contributed by atoms with Crippen LogP contribution in [0.2, 0.25) is 0 Å². The third-order valence-corrected chi connectivity index (χ3v) is 4.01. The maximum atomic E-state index is 11.7. The molecule has 0 atom stereocenters. The molecule has 1 amide bonds. The van der Waals surface area contributed by atoms with Crippen molar-refractivity contribution in [1.29, 1.82) is 0 Å². The van der Waals surface area contributed by atoms with Gasteiger partial charge in [0, 0.05) is 24.6 Å². The Balaban J connectivity index is 1.91. The molecule has 0 aliphatic rings. The summed E-state index contributed by atoms with van der Waals surface area (Å²) >= 11 is 0. The highest BCUT2D eigenvalue weighted by Crippen LogP contribution is 2.25. The normalized spacial score (nSPS) is 10.2. The van der Waals surface area contributed by atoms with Crippen LogP contribution < -0.4 is 19.5 Å². The van der Waals surface area contributed by atoms with Crippen LogP contribution in [0, 0.1) is 6.92 Å². The highest BCUT2D eigenvalue weighted by atomic mass is 16.5. The van der Waals surface area contributed by atoms with Gasteiger partial charge in [-0.15, -0.1) is 0 Å². The van der Waals surface area contributed by atoms with Crippen LogP contribution in [-0.2, 0) is 16.1 Å². The van der Waals surface area contributed by atoms with Crippen LogP contribution in [0.1, 0.15) is 24.0 Å². The summed E-state index contributed by atoms with van der Waals surface area (Å²) < 4.78 is 16.8. The van der Waals surface area contributed by atoms with Gasteiger partial charge in [0.25, 0.3) is 0 Å². The smallest absolute Gasteiger partial charge is 0.303 e. The summed E-state index contributed by atoms with van der Waals surface area (Å²) in [6.07, 6.45) is -0.264. The van der Waals surface area contributed by atoms with Gasteiger partial charge in [0.1, 0.15) is 30.5 Å². The molecule has 0 unspecified atom stereocenters. The Labute approximate surface area is 164 Å². The Kier molecular flexibility index (Phi) is 8.14. The number of carbonyl (C=O) groups excluding carboxylic acids is 1. The maximum Gasteiger partial charge on any atom is 0.303 e. The van der Waals surface area contributed by atoms with Crippen LogP contribution >= 0.6 is 0 Å². The van der Waals surface area contributed by atoms with Gasteiger partial charge in [-0.3, -0.25) is 9.59 Å². The first-order valence-corrected chi connectivity index (χ1v) is 8.96. The topological polar surface area (TPSA) is 94.1 Å². The summed E-state index contributed by atoms with van der Waals surface area (Å²) in [6.45, 7) is 2.90. The Bertz CT molecular complexity index is 805. The van der Waals surface area contributed by atoms with Gasteiger partial charge in [0.05, 0.1) is 13.5 Å². The summed E-state index contributed by atoms with van der Waals surface area (Å²) in [5.74, 6) is 0.689. The van der Waals surface area contributed by atoms with E-state index in [9.17, 15) is 9.59 Å². The van der Waals surface area contributed by atoms with Gasteiger partial charge >= 0.3 is 5.97 Å². The predicted octanol–water partition coefficient (Wildman–Crippen LogP) is 2.94. The molecule has 0 aromatic heterocycles. The Morgan fingerprint density at radius 3 is 2.39 bits per heavy atom. The molecule has 7 nitrogen and oxygen atoms in total. The van der Waals surface area contributed by atoms with Gasteiger partial charge in [-0.25, -0.2) is 0 Å². The minimum absolute atomic E-state index is 0.0635. The van der Waals surface area contributed by atoms with Gasteiger partial charge in [0.2, 0.25) is 5.91 Å². The number of ether oxygens (including phenoxy) is 3. The van der Waals surface area contributed by atoms with E-state index in [0.717, 1.165) is 16.9 Å². The lowest BCUT2D eigenvalue weighted by atomic mass is 10.2. The number of methoxy groups -OCH3 is 1. The monoisotopic (exact) mass is 387 g/mol. The quantitative estimate of drug-likeness (QED) is 0.576. The average Bonchev–Trinajstić information content (AvgIpc) is 2.69. The molecule has 0 fully saturated rings. The molecule has 7 heteroatoms. The summed E-state index contributed by atoms with van der Waals surface area (Å²) in [5, 5.41) is 11.3. The number of carboxylic acids is 1. The number of nitrogens with one attached hydrogen (secondary N) is 1. The predicted molar refractivity (Wildman–Crippen MR) is 104 cm³/mol. The molecule has 150 valence electrons. The van der Waals surface area contributed by atoms with Crippen LogP contribution in [0.15, 0.2) is 42.5 Å². The van der Waals surface area contributed by atoms with E-state index < -0.39 is 5.97 Å². The Morgan fingerprint density at radius 2 is 1.71 bits per heavy atom. The van der Waals surface area contributed by atoms with Gasteiger partial charge in [-0.2, -0.15) is 0 Å². The van der Waals surface area contributed by atoms with Crippen molar-refractivity contribution in [3.8, 4) is 17.2 Å². The molecule has 0 radical (unpaired) electrons. The Hall–Kier alpha value is -3.22. The van der Waals surface area contributed by atoms with E-state index in [1.165, 1.54) is 0 Å². The van der Waals surface area contributed by atoms with Crippen LogP contribution in [-0.4, -0.2) is 37.3 Å². The second-order valence-electron chi connectivity index (χ2n) is 6.11. The first kappa shape index (κ1) is 21.1. The van der Waals surface area contributed by atoms with Crippen molar-refractivity contribution in [2.24, 2.45) is 0 Å². The van der Waals surface area contributed by atoms with Gasteiger partial charge < -0.3 is 24.6 Å². The summed E-state index contributed by atoms with van der Waals surface area (Å²) in [7, 11) is 1.56. The molecule has 0 aliphatic heterocycles. The zero-order chi connectivity index (χ0) is 20.4. The first-order valence-electron chi connectivity index (χ1n) is 8.96. The number of rotatable bonds is 11. The largest absolute Gasteiger partial charge is 0.497 e. The molecular formula is C21H25NO6. The molecule has 2 aromatic rings. The zero-order valence-electron chi connectivity index (χ0n) is 16.1. The lowest BCUT2D eigenvalue weighted by Crippen LogP contribution is -2.23.